The van der Waals surface area contributed by atoms with Crippen molar-refractivity contribution in [1.29, 1.82) is 0 Å². The number of halogens is 1. The predicted molar refractivity (Wildman–Crippen MR) is 98.9 cm³/mol. The molecule has 1 aliphatic heterocycles. The molecule has 0 saturated carbocycles. The van der Waals surface area contributed by atoms with E-state index in [-0.39, 0.29) is 18.2 Å². The summed E-state index contributed by atoms with van der Waals surface area (Å²) < 4.78 is 0. The van der Waals surface area contributed by atoms with Crippen LogP contribution in [0.15, 0.2) is 42.6 Å². The highest BCUT2D eigenvalue weighted by Crippen LogP contribution is 2.28. The quantitative estimate of drug-likeness (QED) is 0.904. The fourth-order valence-corrected chi connectivity index (χ4v) is 2.97. The van der Waals surface area contributed by atoms with E-state index in [1.807, 2.05) is 24.3 Å². The molecular weight excluding hydrogens is 338 g/mol. The standard InChI is InChI=1S/C19H20ClN3O2/c1-12(2)13-4-3-5-16(8-13)23-11-14(9-18(23)24)19(25)22-17-7-6-15(20)10-21-17/h3-8,10,12,14H,9,11H2,1-2H3,(H,21,22,25). The van der Waals surface area contributed by atoms with Crippen molar-refractivity contribution in [2.75, 3.05) is 16.8 Å². The molecule has 1 saturated heterocycles. The highest BCUT2D eigenvalue weighted by molar-refractivity contribution is 6.30. The van der Waals surface area contributed by atoms with Crippen LogP contribution in [0.2, 0.25) is 5.02 Å². The van der Waals surface area contributed by atoms with E-state index in [2.05, 4.69) is 24.1 Å². The number of amides is 2. The SMILES string of the molecule is CC(C)c1cccc(N2CC(C(=O)Nc3ccc(Cl)cn3)CC2=O)c1. The molecule has 2 heterocycles. The van der Waals surface area contributed by atoms with Crippen molar-refractivity contribution >= 4 is 34.9 Å². The monoisotopic (exact) mass is 357 g/mol. The maximum absolute atomic E-state index is 12.4. The lowest BCUT2D eigenvalue weighted by atomic mass is 10.0. The molecule has 1 fully saturated rings. The Morgan fingerprint density at radius 1 is 1.32 bits per heavy atom. The van der Waals surface area contributed by atoms with Gasteiger partial charge in [-0.3, -0.25) is 9.59 Å². The molecule has 1 aromatic carbocycles. The summed E-state index contributed by atoms with van der Waals surface area (Å²) in [5.41, 5.74) is 2.01. The summed E-state index contributed by atoms with van der Waals surface area (Å²) >= 11 is 5.79. The van der Waals surface area contributed by atoms with E-state index in [0.29, 0.717) is 23.3 Å². The highest BCUT2D eigenvalue weighted by Gasteiger charge is 2.35. The number of hydrogen-bond donors (Lipinski definition) is 1. The summed E-state index contributed by atoms with van der Waals surface area (Å²) in [7, 11) is 0. The van der Waals surface area contributed by atoms with Crippen LogP contribution in [0.5, 0.6) is 0 Å². The van der Waals surface area contributed by atoms with Crippen molar-refractivity contribution in [3.63, 3.8) is 0 Å². The van der Waals surface area contributed by atoms with Gasteiger partial charge >= 0.3 is 0 Å². The molecule has 1 atom stereocenters. The van der Waals surface area contributed by atoms with Gasteiger partial charge in [0.2, 0.25) is 11.8 Å². The number of carbonyl (C=O) groups excluding carboxylic acids is 2. The fourth-order valence-electron chi connectivity index (χ4n) is 2.86. The summed E-state index contributed by atoms with van der Waals surface area (Å²) in [5, 5.41) is 3.25. The van der Waals surface area contributed by atoms with Crippen LogP contribution < -0.4 is 10.2 Å². The van der Waals surface area contributed by atoms with Gasteiger partial charge in [-0.15, -0.1) is 0 Å². The number of aromatic nitrogens is 1. The van der Waals surface area contributed by atoms with E-state index >= 15 is 0 Å². The molecule has 5 nitrogen and oxygen atoms in total. The summed E-state index contributed by atoms with van der Waals surface area (Å²) in [4.78, 5) is 30.6. The molecule has 6 heteroatoms. The maximum Gasteiger partial charge on any atom is 0.230 e. The molecule has 0 radical (unpaired) electrons. The van der Waals surface area contributed by atoms with Gasteiger partial charge in [0.25, 0.3) is 0 Å². The zero-order valence-corrected chi connectivity index (χ0v) is 15.0. The molecule has 3 rings (SSSR count). The molecule has 0 bridgehead atoms. The maximum atomic E-state index is 12.4. The van der Waals surface area contributed by atoms with E-state index in [1.165, 1.54) is 11.8 Å². The Hall–Kier alpha value is -2.40. The first-order chi connectivity index (χ1) is 11.9. The lowest BCUT2D eigenvalue weighted by Crippen LogP contribution is -2.28. The normalized spacial score (nSPS) is 17.2. The summed E-state index contributed by atoms with van der Waals surface area (Å²) in [6.45, 7) is 4.60. The largest absolute Gasteiger partial charge is 0.312 e. The van der Waals surface area contributed by atoms with Gasteiger partial charge in [-0.25, -0.2) is 4.98 Å². The van der Waals surface area contributed by atoms with Gasteiger partial charge < -0.3 is 10.2 Å². The van der Waals surface area contributed by atoms with Gasteiger partial charge in [0.1, 0.15) is 5.82 Å². The van der Waals surface area contributed by atoms with E-state index < -0.39 is 5.92 Å². The van der Waals surface area contributed by atoms with E-state index in [4.69, 9.17) is 11.6 Å². The molecule has 1 unspecified atom stereocenters. The van der Waals surface area contributed by atoms with Gasteiger partial charge in [0.15, 0.2) is 0 Å². The molecule has 1 aliphatic rings. The minimum Gasteiger partial charge on any atom is -0.312 e. The smallest absolute Gasteiger partial charge is 0.230 e. The molecule has 0 spiro atoms. The third-order valence-electron chi connectivity index (χ3n) is 4.32. The number of benzene rings is 1. The average molecular weight is 358 g/mol. The number of anilines is 2. The summed E-state index contributed by atoms with van der Waals surface area (Å²) in [6, 6.07) is 11.2. The number of hydrogen-bond acceptors (Lipinski definition) is 3. The van der Waals surface area contributed by atoms with E-state index in [9.17, 15) is 9.59 Å². The van der Waals surface area contributed by atoms with Crippen LogP contribution in [0.25, 0.3) is 0 Å². The topological polar surface area (TPSA) is 62.3 Å². The van der Waals surface area contributed by atoms with Crippen LogP contribution in [-0.4, -0.2) is 23.3 Å². The molecule has 0 aliphatic carbocycles. The minimum absolute atomic E-state index is 0.0369. The van der Waals surface area contributed by atoms with Gasteiger partial charge in [-0.1, -0.05) is 37.6 Å². The first kappa shape index (κ1) is 17.4. The number of pyridine rings is 1. The third kappa shape index (κ3) is 3.99. The predicted octanol–water partition coefficient (Wildman–Crippen LogP) is 3.85. The Balaban J connectivity index is 1.70. The fraction of sp³-hybridized carbons (Fsp3) is 0.316. The molecule has 130 valence electrons. The lowest BCUT2D eigenvalue weighted by Gasteiger charge is -2.18. The molecule has 2 amide bonds. The number of carbonyl (C=O) groups is 2. The van der Waals surface area contributed by atoms with Gasteiger partial charge in [0.05, 0.1) is 10.9 Å². The first-order valence-electron chi connectivity index (χ1n) is 8.27. The van der Waals surface area contributed by atoms with E-state index in [1.54, 1.807) is 17.0 Å². The third-order valence-corrected chi connectivity index (χ3v) is 4.55. The highest BCUT2D eigenvalue weighted by atomic mass is 35.5. The molecule has 1 aromatic heterocycles. The number of rotatable bonds is 4. The lowest BCUT2D eigenvalue weighted by molar-refractivity contribution is -0.122. The van der Waals surface area contributed by atoms with Crippen molar-refractivity contribution in [2.24, 2.45) is 5.92 Å². The van der Waals surface area contributed by atoms with Crippen LogP contribution in [0.1, 0.15) is 31.7 Å². The van der Waals surface area contributed by atoms with Crippen LogP contribution in [0, 0.1) is 5.92 Å². The second kappa shape index (κ2) is 7.23. The second-order valence-corrected chi connectivity index (χ2v) is 6.94. The van der Waals surface area contributed by atoms with Crippen LogP contribution in [-0.2, 0) is 9.59 Å². The van der Waals surface area contributed by atoms with Crippen molar-refractivity contribution in [1.82, 2.24) is 4.98 Å². The Morgan fingerprint density at radius 2 is 2.12 bits per heavy atom. The summed E-state index contributed by atoms with van der Waals surface area (Å²) in [5.74, 6) is 0.179. The zero-order valence-electron chi connectivity index (χ0n) is 14.2. The number of nitrogens with one attached hydrogen (secondary N) is 1. The second-order valence-electron chi connectivity index (χ2n) is 6.51. The Bertz CT molecular complexity index is 790. The van der Waals surface area contributed by atoms with Crippen LogP contribution >= 0.6 is 11.6 Å². The van der Waals surface area contributed by atoms with Crippen LogP contribution in [0.4, 0.5) is 11.5 Å². The Kier molecular flexibility index (Phi) is 5.04. The van der Waals surface area contributed by atoms with Gasteiger partial charge in [0, 0.05) is 24.8 Å². The Labute approximate surface area is 152 Å². The molecule has 2 aromatic rings. The minimum atomic E-state index is -0.396. The average Bonchev–Trinajstić information content (AvgIpc) is 2.99. The van der Waals surface area contributed by atoms with Gasteiger partial charge in [-0.05, 0) is 35.7 Å². The Morgan fingerprint density at radius 3 is 2.80 bits per heavy atom. The van der Waals surface area contributed by atoms with Crippen molar-refractivity contribution < 1.29 is 9.59 Å². The molecule has 25 heavy (non-hydrogen) atoms. The number of nitrogens with zero attached hydrogens (tertiary/aromatic N) is 2. The van der Waals surface area contributed by atoms with Gasteiger partial charge in [-0.2, -0.15) is 0 Å². The van der Waals surface area contributed by atoms with Crippen molar-refractivity contribution in [3.8, 4) is 0 Å². The van der Waals surface area contributed by atoms with Crippen LogP contribution in [0.3, 0.4) is 0 Å². The van der Waals surface area contributed by atoms with E-state index in [0.717, 1.165) is 5.69 Å². The zero-order chi connectivity index (χ0) is 18.0. The van der Waals surface area contributed by atoms with Crippen molar-refractivity contribution in [2.45, 2.75) is 26.2 Å². The van der Waals surface area contributed by atoms with Crippen molar-refractivity contribution in [3.05, 3.63) is 53.2 Å². The molecule has 1 N–H and O–H groups in total. The molecular formula is C19H20ClN3O2. The summed E-state index contributed by atoms with van der Waals surface area (Å²) in [6.07, 6.45) is 1.67. The first-order valence-corrected chi connectivity index (χ1v) is 8.64.